The first kappa shape index (κ1) is 16.9. The van der Waals surface area contributed by atoms with E-state index in [-0.39, 0.29) is 0 Å². The van der Waals surface area contributed by atoms with Crippen LogP contribution in [0, 0.1) is 6.92 Å². The lowest BCUT2D eigenvalue weighted by Gasteiger charge is -2.20. The zero-order valence-electron chi connectivity index (χ0n) is 13.2. The van der Waals surface area contributed by atoms with Crippen LogP contribution in [0.2, 0.25) is 0 Å². The summed E-state index contributed by atoms with van der Waals surface area (Å²) in [4.78, 5) is 3.42. The Balaban J connectivity index is 2.15. The maximum Gasteiger partial charge on any atom is 0.244 e. The third-order valence-electron chi connectivity index (χ3n) is 3.65. The Morgan fingerprint density at radius 2 is 1.95 bits per heavy atom. The second kappa shape index (κ2) is 6.75. The van der Waals surface area contributed by atoms with Crippen molar-refractivity contribution < 1.29 is 8.42 Å². The monoisotopic (exact) mass is 331 g/mol. The quantitative estimate of drug-likeness (QED) is 0.784. The van der Waals surface area contributed by atoms with Crippen molar-refractivity contribution in [3.8, 4) is 0 Å². The van der Waals surface area contributed by atoms with Crippen LogP contribution in [-0.4, -0.2) is 57.9 Å². The molecule has 1 aromatic heterocycles. The molecule has 0 atom stereocenters. The van der Waals surface area contributed by atoms with Crippen LogP contribution in [0.1, 0.15) is 23.3 Å². The van der Waals surface area contributed by atoms with Gasteiger partial charge in [0.1, 0.15) is 4.90 Å². The molecule has 21 heavy (non-hydrogen) atoms. The van der Waals surface area contributed by atoms with Crippen molar-refractivity contribution >= 4 is 21.4 Å². The Hall–Kier alpha value is -0.470. The van der Waals surface area contributed by atoms with Crippen LogP contribution in [0.3, 0.4) is 0 Å². The van der Waals surface area contributed by atoms with Gasteiger partial charge in [-0.05, 0) is 44.8 Å². The summed E-state index contributed by atoms with van der Waals surface area (Å²) in [5.74, 6) is 0. The Labute approximate surface area is 132 Å². The summed E-state index contributed by atoms with van der Waals surface area (Å²) in [6.07, 6.45) is 2.41. The first-order chi connectivity index (χ1) is 9.82. The highest BCUT2D eigenvalue weighted by Crippen LogP contribution is 2.30. The fourth-order valence-electron chi connectivity index (χ4n) is 2.10. The van der Waals surface area contributed by atoms with E-state index in [0.717, 1.165) is 10.4 Å². The molecule has 5 nitrogen and oxygen atoms in total. The summed E-state index contributed by atoms with van der Waals surface area (Å²) in [5.41, 5.74) is 0.851. The summed E-state index contributed by atoms with van der Waals surface area (Å²) >= 11 is 1.54. The maximum absolute atomic E-state index is 12.8. The molecular formula is C14H25N3O2S2. The van der Waals surface area contributed by atoms with Crippen LogP contribution < -0.4 is 5.32 Å². The molecule has 0 radical (unpaired) electrons. The van der Waals surface area contributed by atoms with Gasteiger partial charge < -0.3 is 10.2 Å². The highest BCUT2D eigenvalue weighted by Gasteiger charge is 2.28. The van der Waals surface area contributed by atoms with E-state index in [0.29, 0.717) is 30.6 Å². The maximum atomic E-state index is 12.8. The van der Waals surface area contributed by atoms with Gasteiger partial charge in [0.2, 0.25) is 10.0 Å². The minimum Gasteiger partial charge on any atom is -0.309 e. The fraction of sp³-hybridized carbons (Fsp3) is 0.714. The molecule has 1 aromatic rings. The molecule has 0 bridgehead atoms. The predicted molar refractivity (Wildman–Crippen MR) is 87.3 cm³/mol. The number of rotatable bonds is 8. The molecule has 2 rings (SSSR count). The topological polar surface area (TPSA) is 52.7 Å². The van der Waals surface area contributed by atoms with Gasteiger partial charge in [-0.2, -0.15) is 4.31 Å². The van der Waals surface area contributed by atoms with Gasteiger partial charge in [-0.25, -0.2) is 8.42 Å². The third-order valence-corrected chi connectivity index (χ3v) is 6.97. The highest BCUT2D eigenvalue weighted by molar-refractivity contribution is 7.89. The number of thiophene rings is 1. The van der Waals surface area contributed by atoms with Gasteiger partial charge in [-0.15, -0.1) is 11.3 Å². The Kier molecular flexibility index (Phi) is 5.43. The van der Waals surface area contributed by atoms with Gasteiger partial charge in [0.25, 0.3) is 0 Å². The standard InChI is InChI=1S/C14H25N3O2S2/c1-11-10-20-13(9-15-12-5-6-12)14(11)21(18,19)17(4)8-7-16(2)3/h10,12,15H,5-9H2,1-4H3. The number of hydrogen-bond acceptors (Lipinski definition) is 5. The highest BCUT2D eigenvalue weighted by atomic mass is 32.2. The van der Waals surface area contributed by atoms with E-state index in [2.05, 4.69) is 5.32 Å². The van der Waals surface area contributed by atoms with Gasteiger partial charge in [-0.3, -0.25) is 0 Å². The third kappa shape index (κ3) is 4.26. The molecular weight excluding hydrogens is 306 g/mol. The van der Waals surface area contributed by atoms with Crippen LogP contribution in [-0.2, 0) is 16.6 Å². The van der Waals surface area contributed by atoms with Gasteiger partial charge in [0.15, 0.2) is 0 Å². The minimum atomic E-state index is -3.40. The molecule has 0 aromatic carbocycles. The van der Waals surface area contributed by atoms with Crippen molar-refractivity contribution in [2.75, 3.05) is 34.2 Å². The van der Waals surface area contributed by atoms with Crippen LogP contribution in [0.25, 0.3) is 0 Å². The van der Waals surface area contributed by atoms with Crippen molar-refractivity contribution in [1.82, 2.24) is 14.5 Å². The van der Waals surface area contributed by atoms with Crippen molar-refractivity contribution in [1.29, 1.82) is 0 Å². The summed E-state index contributed by atoms with van der Waals surface area (Å²) in [5, 5.41) is 5.35. The van der Waals surface area contributed by atoms with Crippen molar-refractivity contribution in [3.05, 3.63) is 15.8 Å². The van der Waals surface area contributed by atoms with E-state index in [1.54, 1.807) is 7.05 Å². The lowest BCUT2D eigenvalue weighted by Crippen LogP contribution is -2.34. The zero-order valence-corrected chi connectivity index (χ0v) is 14.9. The smallest absolute Gasteiger partial charge is 0.244 e. The Bertz CT molecular complexity index is 577. The summed E-state index contributed by atoms with van der Waals surface area (Å²) in [6, 6.07) is 0.578. The number of likely N-dealkylation sites (N-methyl/N-ethyl adjacent to an activating group) is 2. The molecule has 0 amide bonds. The lowest BCUT2D eigenvalue weighted by atomic mass is 10.3. The van der Waals surface area contributed by atoms with Crippen molar-refractivity contribution in [2.45, 2.75) is 37.2 Å². The fourth-order valence-corrected chi connectivity index (χ4v) is 4.96. The normalized spacial score (nSPS) is 16.1. The van der Waals surface area contributed by atoms with Crippen LogP contribution in [0.4, 0.5) is 0 Å². The Morgan fingerprint density at radius 3 is 2.52 bits per heavy atom. The van der Waals surface area contributed by atoms with Crippen LogP contribution in [0.5, 0.6) is 0 Å². The summed E-state index contributed by atoms with van der Waals surface area (Å²) in [6.45, 7) is 3.75. The molecule has 0 aliphatic heterocycles. The number of nitrogens with zero attached hydrogens (tertiary/aromatic N) is 2. The van der Waals surface area contributed by atoms with Crippen LogP contribution >= 0.6 is 11.3 Å². The van der Waals surface area contributed by atoms with Gasteiger partial charge in [-0.1, -0.05) is 0 Å². The van der Waals surface area contributed by atoms with E-state index in [4.69, 9.17) is 0 Å². The van der Waals surface area contributed by atoms with E-state index in [1.807, 2.05) is 31.3 Å². The zero-order chi connectivity index (χ0) is 15.6. The lowest BCUT2D eigenvalue weighted by molar-refractivity contribution is 0.358. The molecule has 1 aliphatic carbocycles. The number of aryl methyl sites for hydroxylation is 1. The first-order valence-corrected chi connectivity index (χ1v) is 9.55. The molecule has 7 heteroatoms. The molecule has 0 unspecified atom stereocenters. The number of sulfonamides is 1. The average Bonchev–Trinajstić information content (AvgIpc) is 3.16. The molecule has 1 N–H and O–H groups in total. The summed E-state index contributed by atoms with van der Waals surface area (Å²) < 4.78 is 27.0. The van der Waals surface area contributed by atoms with Crippen LogP contribution in [0.15, 0.2) is 10.3 Å². The predicted octanol–water partition coefficient (Wildman–Crippen LogP) is 1.49. The van der Waals surface area contributed by atoms with Gasteiger partial charge >= 0.3 is 0 Å². The molecule has 1 aliphatic rings. The SMILES string of the molecule is Cc1csc(CNC2CC2)c1S(=O)(=O)N(C)CCN(C)C. The van der Waals surface area contributed by atoms with Crippen molar-refractivity contribution in [3.63, 3.8) is 0 Å². The van der Waals surface area contributed by atoms with E-state index >= 15 is 0 Å². The Morgan fingerprint density at radius 1 is 1.29 bits per heavy atom. The van der Waals surface area contributed by atoms with Gasteiger partial charge in [0.05, 0.1) is 0 Å². The number of hydrogen-bond donors (Lipinski definition) is 1. The van der Waals surface area contributed by atoms with E-state index < -0.39 is 10.0 Å². The van der Waals surface area contributed by atoms with Gasteiger partial charge in [0, 0.05) is 37.6 Å². The molecule has 0 saturated heterocycles. The second-order valence-electron chi connectivity index (χ2n) is 5.96. The first-order valence-electron chi connectivity index (χ1n) is 7.23. The minimum absolute atomic E-state index is 0.500. The van der Waals surface area contributed by atoms with E-state index in [1.165, 1.54) is 28.5 Å². The van der Waals surface area contributed by atoms with E-state index in [9.17, 15) is 8.42 Å². The summed E-state index contributed by atoms with van der Waals surface area (Å²) in [7, 11) is 2.15. The second-order valence-corrected chi connectivity index (χ2v) is 8.90. The van der Waals surface area contributed by atoms with Crippen molar-refractivity contribution in [2.24, 2.45) is 0 Å². The molecule has 120 valence electrons. The average molecular weight is 332 g/mol. The molecule has 1 heterocycles. The molecule has 0 spiro atoms. The number of nitrogens with one attached hydrogen (secondary N) is 1. The molecule has 1 fully saturated rings. The molecule has 1 saturated carbocycles. The largest absolute Gasteiger partial charge is 0.309 e.